The van der Waals surface area contributed by atoms with Crippen molar-refractivity contribution in [3.05, 3.63) is 23.5 Å². The summed E-state index contributed by atoms with van der Waals surface area (Å²) in [5.74, 6) is 0.781. The number of hydrogen-bond donors (Lipinski definition) is 0. The van der Waals surface area contributed by atoms with Crippen LogP contribution in [-0.4, -0.2) is 19.1 Å². The third-order valence-electron chi connectivity index (χ3n) is 3.57. The van der Waals surface area contributed by atoms with Crippen molar-refractivity contribution in [2.24, 2.45) is 0 Å². The number of aryl methyl sites for hydroxylation is 1. The standard InChI is InChI=1S/C14H23NO2Si/c1-10-13(9-8-12(15-10)11(2)16)17-18(6,7)14(3,4)5/h8-9H,1-7H3. The zero-order valence-electron chi connectivity index (χ0n) is 12.4. The summed E-state index contributed by atoms with van der Waals surface area (Å²) in [5, 5.41) is 0.151. The average molecular weight is 265 g/mol. The normalized spacial score (nSPS) is 12.4. The smallest absolute Gasteiger partial charge is 0.250 e. The summed E-state index contributed by atoms with van der Waals surface area (Å²) >= 11 is 0. The highest BCUT2D eigenvalue weighted by Gasteiger charge is 2.39. The van der Waals surface area contributed by atoms with E-state index in [4.69, 9.17) is 4.43 Å². The lowest BCUT2D eigenvalue weighted by atomic mass is 10.2. The molecule has 0 fully saturated rings. The van der Waals surface area contributed by atoms with E-state index in [9.17, 15) is 4.79 Å². The van der Waals surface area contributed by atoms with Gasteiger partial charge < -0.3 is 4.43 Å². The summed E-state index contributed by atoms with van der Waals surface area (Å²) in [4.78, 5) is 15.5. The van der Waals surface area contributed by atoms with E-state index in [1.54, 1.807) is 6.07 Å². The second-order valence-corrected chi connectivity index (χ2v) is 10.9. The fourth-order valence-electron chi connectivity index (χ4n) is 1.28. The Kier molecular flexibility index (Phi) is 4.01. The minimum atomic E-state index is -1.85. The first-order chi connectivity index (χ1) is 8.04. The number of hydrogen-bond acceptors (Lipinski definition) is 3. The minimum Gasteiger partial charge on any atom is -0.542 e. The molecule has 1 heterocycles. The van der Waals surface area contributed by atoms with E-state index in [0.717, 1.165) is 11.4 Å². The van der Waals surface area contributed by atoms with Crippen LogP contribution in [0.3, 0.4) is 0 Å². The number of pyridine rings is 1. The van der Waals surface area contributed by atoms with Gasteiger partial charge in [-0.1, -0.05) is 20.8 Å². The van der Waals surface area contributed by atoms with Gasteiger partial charge in [0.25, 0.3) is 8.32 Å². The number of carbonyl (C=O) groups is 1. The van der Waals surface area contributed by atoms with Crippen LogP contribution in [0.4, 0.5) is 0 Å². The molecule has 0 bridgehead atoms. The number of nitrogens with zero attached hydrogens (tertiary/aromatic N) is 1. The molecule has 0 unspecified atom stereocenters. The van der Waals surface area contributed by atoms with Crippen molar-refractivity contribution in [2.45, 2.75) is 52.8 Å². The Morgan fingerprint density at radius 2 is 1.83 bits per heavy atom. The summed E-state index contributed by atoms with van der Waals surface area (Å²) < 4.78 is 6.20. The van der Waals surface area contributed by atoms with Crippen LogP contribution in [0, 0.1) is 6.92 Å². The van der Waals surface area contributed by atoms with Crippen LogP contribution in [0.15, 0.2) is 12.1 Å². The predicted octanol–water partition coefficient (Wildman–Crippen LogP) is 3.98. The van der Waals surface area contributed by atoms with Crippen molar-refractivity contribution in [1.82, 2.24) is 4.98 Å². The quantitative estimate of drug-likeness (QED) is 0.613. The van der Waals surface area contributed by atoms with Crippen LogP contribution >= 0.6 is 0 Å². The van der Waals surface area contributed by atoms with Crippen LogP contribution in [0.1, 0.15) is 43.9 Å². The van der Waals surface area contributed by atoms with Gasteiger partial charge in [0, 0.05) is 6.92 Å². The fourth-order valence-corrected chi connectivity index (χ4v) is 2.35. The number of ketones is 1. The number of rotatable bonds is 3. The molecule has 4 heteroatoms. The van der Waals surface area contributed by atoms with E-state index in [-0.39, 0.29) is 10.8 Å². The summed E-state index contributed by atoms with van der Waals surface area (Å²) in [6, 6.07) is 3.59. The van der Waals surface area contributed by atoms with Crippen molar-refractivity contribution >= 4 is 14.1 Å². The lowest BCUT2D eigenvalue weighted by Gasteiger charge is -2.36. The van der Waals surface area contributed by atoms with Crippen LogP contribution in [0.5, 0.6) is 5.75 Å². The van der Waals surface area contributed by atoms with Crippen molar-refractivity contribution in [3.8, 4) is 5.75 Å². The van der Waals surface area contributed by atoms with Crippen molar-refractivity contribution in [2.75, 3.05) is 0 Å². The molecular formula is C14H23NO2Si. The monoisotopic (exact) mass is 265 g/mol. The van der Waals surface area contributed by atoms with Gasteiger partial charge in [-0.25, -0.2) is 4.98 Å². The Morgan fingerprint density at radius 1 is 1.28 bits per heavy atom. The van der Waals surface area contributed by atoms with Gasteiger partial charge in [-0.05, 0) is 37.2 Å². The SMILES string of the molecule is CC(=O)c1ccc(O[Si](C)(C)C(C)(C)C)c(C)n1. The molecule has 0 saturated carbocycles. The molecular weight excluding hydrogens is 242 g/mol. The van der Waals surface area contributed by atoms with Gasteiger partial charge in [0.15, 0.2) is 5.78 Å². The van der Waals surface area contributed by atoms with Gasteiger partial charge in [0.05, 0.1) is 5.69 Å². The molecule has 100 valence electrons. The van der Waals surface area contributed by atoms with E-state index < -0.39 is 8.32 Å². The first-order valence-corrected chi connectivity index (χ1v) is 9.13. The van der Waals surface area contributed by atoms with E-state index in [2.05, 4.69) is 38.8 Å². The summed E-state index contributed by atoms with van der Waals surface area (Å²) in [7, 11) is -1.85. The topological polar surface area (TPSA) is 39.2 Å². The number of aromatic nitrogens is 1. The Balaban J connectivity index is 3.03. The van der Waals surface area contributed by atoms with E-state index >= 15 is 0 Å². The molecule has 0 spiro atoms. The highest BCUT2D eigenvalue weighted by atomic mass is 28.4. The van der Waals surface area contributed by atoms with E-state index in [1.807, 2.05) is 13.0 Å². The van der Waals surface area contributed by atoms with Crippen LogP contribution < -0.4 is 4.43 Å². The molecule has 3 nitrogen and oxygen atoms in total. The predicted molar refractivity (Wildman–Crippen MR) is 76.8 cm³/mol. The molecule has 1 aromatic rings. The maximum Gasteiger partial charge on any atom is 0.250 e. The molecule has 0 amide bonds. The summed E-state index contributed by atoms with van der Waals surface area (Å²) in [6.45, 7) is 14.4. The largest absolute Gasteiger partial charge is 0.542 e. The molecule has 1 aromatic heterocycles. The molecule has 0 radical (unpaired) electrons. The third-order valence-corrected chi connectivity index (χ3v) is 7.91. The van der Waals surface area contributed by atoms with Crippen molar-refractivity contribution < 1.29 is 9.22 Å². The first-order valence-electron chi connectivity index (χ1n) is 6.22. The zero-order chi connectivity index (χ0) is 14.1. The third kappa shape index (κ3) is 3.19. The lowest BCUT2D eigenvalue weighted by Crippen LogP contribution is -2.44. The van der Waals surface area contributed by atoms with Gasteiger partial charge in [-0.15, -0.1) is 0 Å². The fraction of sp³-hybridized carbons (Fsp3) is 0.571. The first kappa shape index (κ1) is 14.9. The molecule has 0 saturated heterocycles. The Hall–Kier alpha value is -1.16. The van der Waals surface area contributed by atoms with Gasteiger partial charge >= 0.3 is 0 Å². The second-order valence-electron chi connectivity index (χ2n) is 6.20. The molecule has 0 aliphatic rings. The van der Waals surface area contributed by atoms with Crippen LogP contribution in [0.25, 0.3) is 0 Å². The summed E-state index contributed by atoms with van der Waals surface area (Å²) in [6.07, 6.45) is 0. The maximum atomic E-state index is 11.3. The number of Topliss-reactive ketones (excluding diaryl/α,β-unsaturated/α-hetero) is 1. The molecule has 0 aliphatic heterocycles. The van der Waals surface area contributed by atoms with E-state index in [0.29, 0.717) is 5.69 Å². The van der Waals surface area contributed by atoms with Crippen molar-refractivity contribution in [1.29, 1.82) is 0 Å². The van der Waals surface area contributed by atoms with Crippen LogP contribution in [0.2, 0.25) is 18.1 Å². The Bertz CT molecular complexity index is 461. The Labute approximate surface area is 111 Å². The molecule has 0 aliphatic carbocycles. The minimum absolute atomic E-state index is 0.0167. The van der Waals surface area contributed by atoms with Gasteiger partial charge in [-0.2, -0.15) is 0 Å². The summed E-state index contributed by atoms with van der Waals surface area (Å²) in [5.41, 5.74) is 1.28. The van der Waals surface area contributed by atoms with E-state index in [1.165, 1.54) is 6.92 Å². The van der Waals surface area contributed by atoms with Gasteiger partial charge in [-0.3, -0.25) is 4.79 Å². The van der Waals surface area contributed by atoms with Crippen molar-refractivity contribution in [3.63, 3.8) is 0 Å². The molecule has 0 N–H and O–H groups in total. The second kappa shape index (κ2) is 4.84. The maximum absolute atomic E-state index is 11.3. The highest BCUT2D eigenvalue weighted by molar-refractivity contribution is 6.74. The highest BCUT2D eigenvalue weighted by Crippen LogP contribution is 2.37. The zero-order valence-corrected chi connectivity index (χ0v) is 13.4. The van der Waals surface area contributed by atoms with Gasteiger partial charge in [0.2, 0.25) is 0 Å². The number of carbonyl (C=O) groups excluding carboxylic acids is 1. The molecule has 1 rings (SSSR count). The Morgan fingerprint density at radius 3 is 2.22 bits per heavy atom. The average Bonchev–Trinajstić information content (AvgIpc) is 2.18. The molecule has 18 heavy (non-hydrogen) atoms. The van der Waals surface area contributed by atoms with Gasteiger partial charge in [0.1, 0.15) is 11.4 Å². The van der Waals surface area contributed by atoms with Crippen LogP contribution in [-0.2, 0) is 0 Å². The molecule has 0 aromatic carbocycles. The molecule has 0 atom stereocenters. The lowest BCUT2D eigenvalue weighted by molar-refractivity contribution is 0.101.